The van der Waals surface area contributed by atoms with Gasteiger partial charge < -0.3 is 4.74 Å². The van der Waals surface area contributed by atoms with Crippen molar-refractivity contribution in [2.75, 3.05) is 20.2 Å². The minimum absolute atomic E-state index is 0.0523. The van der Waals surface area contributed by atoms with Crippen molar-refractivity contribution in [1.82, 2.24) is 4.90 Å². The van der Waals surface area contributed by atoms with Gasteiger partial charge in [0.05, 0.1) is 25.2 Å². The van der Waals surface area contributed by atoms with E-state index >= 15 is 0 Å². The van der Waals surface area contributed by atoms with Crippen LogP contribution in [0.4, 0.5) is 0 Å². The number of methoxy groups -OCH3 is 1. The summed E-state index contributed by atoms with van der Waals surface area (Å²) in [4.78, 5) is 2.38. The summed E-state index contributed by atoms with van der Waals surface area (Å²) in [6, 6.07) is 13.1. The van der Waals surface area contributed by atoms with Crippen LogP contribution in [0, 0.1) is 28.6 Å². The maximum atomic E-state index is 9.24. The summed E-state index contributed by atoms with van der Waals surface area (Å²) >= 11 is 0. The van der Waals surface area contributed by atoms with Crippen molar-refractivity contribution in [3.8, 4) is 17.9 Å². The number of rotatable bonds is 6. The molecule has 0 unspecified atom stereocenters. The van der Waals surface area contributed by atoms with Crippen molar-refractivity contribution >= 4 is 0 Å². The number of benzene rings is 1. The molecule has 1 fully saturated rings. The van der Waals surface area contributed by atoms with E-state index in [1.807, 2.05) is 12.1 Å². The molecule has 1 aliphatic heterocycles. The molecule has 0 amide bonds. The number of hydrogen-bond acceptors (Lipinski definition) is 4. The number of nitriles is 2. The molecule has 21 heavy (non-hydrogen) atoms. The van der Waals surface area contributed by atoms with Crippen LogP contribution in [0.15, 0.2) is 24.3 Å². The third-order valence-corrected chi connectivity index (χ3v) is 4.11. The van der Waals surface area contributed by atoms with Gasteiger partial charge in [0.2, 0.25) is 0 Å². The number of hydrogen-bond donors (Lipinski definition) is 0. The molecule has 1 aliphatic rings. The van der Waals surface area contributed by atoms with E-state index in [2.05, 4.69) is 29.2 Å². The zero-order valence-corrected chi connectivity index (χ0v) is 12.5. The Labute approximate surface area is 126 Å². The smallest absolute Gasteiger partial charge is 0.118 e. The summed E-state index contributed by atoms with van der Waals surface area (Å²) in [5.41, 5.74) is 1.28. The second-order valence-corrected chi connectivity index (χ2v) is 5.45. The van der Waals surface area contributed by atoms with Gasteiger partial charge in [-0.05, 0) is 43.5 Å². The summed E-state index contributed by atoms with van der Waals surface area (Å²) in [6.07, 6.45) is 3.41. The zero-order chi connectivity index (χ0) is 15.1. The summed E-state index contributed by atoms with van der Waals surface area (Å²) in [7, 11) is 1.67. The lowest BCUT2D eigenvalue weighted by atomic mass is 10.0. The molecule has 0 bridgehead atoms. The van der Waals surface area contributed by atoms with Gasteiger partial charge in [-0.2, -0.15) is 10.5 Å². The highest BCUT2D eigenvalue weighted by Crippen LogP contribution is 2.33. The first-order valence-electron chi connectivity index (χ1n) is 7.43. The van der Waals surface area contributed by atoms with Crippen LogP contribution >= 0.6 is 0 Å². The Morgan fingerprint density at radius 1 is 1.33 bits per heavy atom. The molecule has 4 heteroatoms. The fraction of sp³-hybridized carbons (Fsp3) is 0.529. The van der Waals surface area contributed by atoms with Crippen molar-refractivity contribution in [3.05, 3.63) is 29.8 Å². The lowest BCUT2D eigenvalue weighted by Gasteiger charge is -2.26. The molecular formula is C17H21N3O. The Balaban J connectivity index is 2.02. The second-order valence-electron chi connectivity index (χ2n) is 5.45. The summed E-state index contributed by atoms with van der Waals surface area (Å²) in [5.74, 6) is 0.815. The van der Waals surface area contributed by atoms with Gasteiger partial charge in [0.1, 0.15) is 5.75 Å². The van der Waals surface area contributed by atoms with Crippen molar-refractivity contribution in [3.63, 3.8) is 0 Å². The van der Waals surface area contributed by atoms with E-state index in [9.17, 15) is 5.26 Å². The molecule has 1 heterocycles. The van der Waals surface area contributed by atoms with Crippen LogP contribution in [0.5, 0.6) is 5.75 Å². The monoisotopic (exact) mass is 283 g/mol. The third-order valence-electron chi connectivity index (χ3n) is 4.11. The van der Waals surface area contributed by atoms with E-state index in [1.165, 1.54) is 5.56 Å². The lowest BCUT2D eigenvalue weighted by Crippen LogP contribution is -2.28. The van der Waals surface area contributed by atoms with Gasteiger partial charge in [-0.25, -0.2) is 0 Å². The van der Waals surface area contributed by atoms with E-state index in [0.29, 0.717) is 18.9 Å². The molecule has 2 atom stereocenters. The van der Waals surface area contributed by atoms with Gasteiger partial charge in [0, 0.05) is 19.0 Å². The second kappa shape index (κ2) is 7.67. The Kier molecular flexibility index (Phi) is 5.60. The van der Waals surface area contributed by atoms with Gasteiger partial charge >= 0.3 is 0 Å². The van der Waals surface area contributed by atoms with Crippen molar-refractivity contribution < 1.29 is 4.74 Å². The van der Waals surface area contributed by atoms with E-state index in [0.717, 1.165) is 31.7 Å². The molecule has 2 rings (SSSR count). The minimum atomic E-state index is -0.0523. The van der Waals surface area contributed by atoms with Gasteiger partial charge in [0.15, 0.2) is 0 Å². The van der Waals surface area contributed by atoms with Crippen LogP contribution in [0.1, 0.15) is 37.3 Å². The van der Waals surface area contributed by atoms with Crippen LogP contribution in [-0.2, 0) is 0 Å². The Hall–Kier alpha value is -2.04. The average molecular weight is 283 g/mol. The summed E-state index contributed by atoms with van der Waals surface area (Å²) < 4.78 is 5.20. The topological polar surface area (TPSA) is 60.0 Å². The number of ether oxygens (including phenoxy) is 1. The molecule has 1 aromatic rings. The standard InChI is InChI=1S/C17H21N3O/c1-21-16-8-6-15(7-9-16)17-5-3-11-20(17)13-14(12-19)4-2-10-18/h6-9,14,17H,2-5,11,13H2,1H3/t14-,17+/m0/s1. The van der Waals surface area contributed by atoms with Gasteiger partial charge in [-0.3, -0.25) is 4.90 Å². The Morgan fingerprint density at radius 2 is 2.10 bits per heavy atom. The number of nitrogens with zero attached hydrogens (tertiary/aromatic N) is 3. The minimum Gasteiger partial charge on any atom is -0.497 e. The zero-order valence-electron chi connectivity index (χ0n) is 12.5. The van der Waals surface area contributed by atoms with E-state index in [4.69, 9.17) is 10.00 Å². The predicted octanol–water partition coefficient (Wildman–Crippen LogP) is 3.28. The first kappa shape index (κ1) is 15.4. The fourth-order valence-electron chi connectivity index (χ4n) is 2.97. The number of likely N-dealkylation sites (tertiary alicyclic amines) is 1. The molecular weight excluding hydrogens is 262 g/mol. The maximum Gasteiger partial charge on any atom is 0.118 e. The quantitative estimate of drug-likeness (QED) is 0.804. The normalized spacial score (nSPS) is 19.7. The molecule has 1 aromatic carbocycles. The first-order valence-corrected chi connectivity index (χ1v) is 7.43. The van der Waals surface area contributed by atoms with Gasteiger partial charge in [-0.1, -0.05) is 12.1 Å². The predicted molar refractivity (Wildman–Crippen MR) is 80.5 cm³/mol. The van der Waals surface area contributed by atoms with Crippen molar-refractivity contribution in [2.45, 2.75) is 31.7 Å². The third kappa shape index (κ3) is 3.97. The molecule has 0 N–H and O–H groups in total. The first-order chi connectivity index (χ1) is 10.3. The highest BCUT2D eigenvalue weighted by Gasteiger charge is 2.27. The van der Waals surface area contributed by atoms with Crippen LogP contribution in [-0.4, -0.2) is 25.1 Å². The van der Waals surface area contributed by atoms with Crippen LogP contribution in [0.2, 0.25) is 0 Å². The Bertz CT molecular complexity index is 526. The van der Waals surface area contributed by atoms with E-state index in [-0.39, 0.29) is 5.92 Å². The molecule has 0 aliphatic carbocycles. The SMILES string of the molecule is COc1ccc([C@H]2CCCN2C[C@H](C#N)CCC#N)cc1. The molecule has 4 nitrogen and oxygen atoms in total. The average Bonchev–Trinajstić information content (AvgIpc) is 2.99. The van der Waals surface area contributed by atoms with Crippen LogP contribution in [0.25, 0.3) is 0 Å². The van der Waals surface area contributed by atoms with Crippen molar-refractivity contribution in [2.24, 2.45) is 5.92 Å². The molecule has 0 saturated carbocycles. The van der Waals surface area contributed by atoms with Gasteiger partial charge in [-0.15, -0.1) is 0 Å². The maximum absolute atomic E-state index is 9.24. The molecule has 0 spiro atoms. The van der Waals surface area contributed by atoms with Crippen LogP contribution in [0.3, 0.4) is 0 Å². The lowest BCUT2D eigenvalue weighted by molar-refractivity contribution is 0.230. The molecule has 0 aromatic heterocycles. The van der Waals surface area contributed by atoms with Crippen LogP contribution < -0.4 is 4.74 Å². The Morgan fingerprint density at radius 3 is 2.71 bits per heavy atom. The van der Waals surface area contributed by atoms with Gasteiger partial charge in [0.25, 0.3) is 0 Å². The molecule has 110 valence electrons. The largest absolute Gasteiger partial charge is 0.497 e. The summed E-state index contributed by atoms with van der Waals surface area (Å²) in [6.45, 7) is 1.79. The van der Waals surface area contributed by atoms with E-state index in [1.54, 1.807) is 7.11 Å². The summed E-state index contributed by atoms with van der Waals surface area (Å²) in [5, 5.41) is 17.9. The van der Waals surface area contributed by atoms with E-state index < -0.39 is 0 Å². The molecule has 0 radical (unpaired) electrons. The van der Waals surface area contributed by atoms with Crippen molar-refractivity contribution in [1.29, 1.82) is 10.5 Å². The fourth-order valence-corrected chi connectivity index (χ4v) is 2.97. The molecule has 1 saturated heterocycles. The highest BCUT2D eigenvalue weighted by molar-refractivity contribution is 5.29. The highest BCUT2D eigenvalue weighted by atomic mass is 16.5.